The van der Waals surface area contributed by atoms with E-state index in [1.807, 2.05) is 11.0 Å². The van der Waals surface area contributed by atoms with Crippen molar-refractivity contribution in [3.05, 3.63) is 48.0 Å². The summed E-state index contributed by atoms with van der Waals surface area (Å²) in [6.07, 6.45) is 5.36. The van der Waals surface area contributed by atoms with Crippen LogP contribution >= 0.6 is 11.6 Å². The smallest absolute Gasteiger partial charge is 0.225 e. The molecule has 0 saturated carbocycles. The van der Waals surface area contributed by atoms with Gasteiger partial charge >= 0.3 is 0 Å². The van der Waals surface area contributed by atoms with E-state index in [0.29, 0.717) is 42.8 Å². The van der Waals surface area contributed by atoms with Crippen molar-refractivity contribution in [1.29, 1.82) is 0 Å². The highest BCUT2D eigenvalue weighted by atomic mass is 35.5. The van der Waals surface area contributed by atoms with Gasteiger partial charge in [-0.2, -0.15) is 0 Å². The Morgan fingerprint density at radius 1 is 1.07 bits per heavy atom. The van der Waals surface area contributed by atoms with Crippen LogP contribution in [0.2, 0.25) is 5.02 Å². The highest BCUT2D eigenvalue weighted by Gasteiger charge is 2.22. The first-order valence-corrected chi connectivity index (χ1v) is 9.52. The summed E-state index contributed by atoms with van der Waals surface area (Å²) in [5, 5.41) is 4.76. The molecule has 3 heterocycles. The van der Waals surface area contributed by atoms with E-state index in [9.17, 15) is 4.79 Å². The van der Waals surface area contributed by atoms with Gasteiger partial charge in [0.15, 0.2) is 0 Å². The lowest BCUT2D eigenvalue weighted by atomic mass is 10.2. The highest BCUT2D eigenvalue weighted by molar-refractivity contribution is 6.31. The number of hydrogen-bond donors (Lipinski definition) is 1. The quantitative estimate of drug-likeness (QED) is 0.706. The molecule has 0 atom stereocenters. The number of piperazine rings is 1. The SMILES string of the molecule is O=C(CCNc1ncnc2cc(Cl)ccc12)N1CCN(c2ncccn2)CC1. The van der Waals surface area contributed by atoms with Crippen LogP contribution in [0.4, 0.5) is 11.8 Å². The second kappa shape index (κ2) is 8.35. The van der Waals surface area contributed by atoms with Gasteiger partial charge in [0.2, 0.25) is 11.9 Å². The standard InChI is InChI=1S/C19H20ClN7O/c20-14-2-3-15-16(12-14)24-13-25-18(15)21-7-4-17(28)26-8-10-27(11-9-26)19-22-5-1-6-23-19/h1-3,5-6,12-13H,4,7-11H2,(H,21,24,25). The Balaban J connectivity index is 1.29. The zero-order valence-electron chi connectivity index (χ0n) is 15.3. The lowest BCUT2D eigenvalue weighted by Crippen LogP contribution is -2.49. The Morgan fingerprint density at radius 3 is 2.64 bits per heavy atom. The number of nitrogens with one attached hydrogen (secondary N) is 1. The molecule has 1 N–H and O–H groups in total. The summed E-state index contributed by atoms with van der Waals surface area (Å²) >= 11 is 6.01. The maximum absolute atomic E-state index is 12.5. The van der Waals surface area contributed by atoms with Gasteiger partial charge in [-0.1, -0.05) is 11.6 Å². The summed E-state index contributed by atoms with van der Waals surface area (Å²) in [5.41, 5.74) is 0.774. The zero-order valence-corrected chi connectivity index (χ0v) is 16.0. The van der Waals surface area contributed by atoms with Gasteiger partial charge in [-0.15, -0.1) is 0 Å². The van der Waals surface area contributed by atoms with Crippen molar-refractivity contribution in [2.45, 2.75) is 6.42 Å². The minimum absolute atomic E-state index is 0.127. The van der Waals surface area contributed by atoms with Crippen LogP contribution in [0.1, 0.15) is 6.42 Å². The molecule has 0 aliphatic carbocycles. The van der Waals surface area contributed by atoms with Gasteiger partial charge in [0.05, 0.1) is 5.52 Å². The fourth-order valence-electron chi connectivity index (χ4n) is 3.23. The molecule has 144 valence electrons. The van der Waals surface area contributed by atoms with E-state index in [1.165, 1.54) is 6.33 Å². The van der Waals surface area contributed by atoms with E-state index in [4.69, 9.17) is 11.6 Å². The van der Waals surface area contributed by atoms with Crippen LogP contribution < -0.4 is 10.2 Å². The van der Waals surface area contributed by atoms with Crippen molar-refractivity contribution < 1.29 is 4.79 Å². The molecule has 9 heteroatoms. The number of nitrogens with zero attached hydrogens (tertiary/aromatic N) is 6. The largest absolute Gasteiger partial charge is 0.369 e. The fraction of sp³-hybridized carbons (Fsp3) is 0.316. The Hall–Kier alpha value is -3.00. The third-order valence-corrected chi connectivity index (χ3v) is 4.93. The van der Waals surface area contributed by atoms with Crippen molar-refractivity contribution in [1.82, 2.24) is 24.8 Å². The summed E-state index contributed by atoms with van der Waals surface area (Å²) < 4.78 is 0. The lowest BCUT2D eigenvalue weighted by molar-refractivity contribution is -0.131. The molecular formula is C19H20ClN7O. The highest BCUT2D eigenvalue weighted by Crippen LogP contribution is 2.22. The van der Waals surface area contributed by atoms with E-state index in [2.05, 4.69) is 30.2 Å². The Labute approximate surface area is 167 Å². The number of fused-ring (bicyclic) bond motifs is 1. The molecule has 0 bridgehead atoms. The van der Waals surface area contributed by atoms with E-state index < -0.39 is 0 Å². The van der Waals surface area contributed by atoms with Crippen molar-refractivity contribution >= 4 is 40.2 Å². The third kappa shape index (κ3) is 4.12. The molecule has 28 heavy (non-hydrogen) atoms. The number of hydrogen-bond acceptors (Lipinski definition) is 7. The van der Waals surface area contributed by atoms with Gasteiger partial charge in [0.25, 0.3) is 0 Å². The van der Waals surface area contributed by atoms with Crippen LogP contribution in [-0.4, -0.2) is 63.5 Å². The summed E-state index contributed by atoms with van der Waals surface area (Å²) in [6, 6.07) is 7.28. The number of benzene rings is 1. The number of halogens is 1. The Morgan fingerprint density at radius 2 is 1.86 bits per heavy atom. The Kier molecular flexibility index (Phi) is 5.48. The molecule has 3 aromatic rings. The number of carbonyl (C=O) groups excluding carboxylic acids is 1. The number of carbonyl (C=O) groups is 1. The van der Waals surface area contributed by atoms with Gasteiger partial charge < -0.3 is 15.1 Å². The van der Waals surface area contributed by atoms with Gasteiger partial charge in [-0.3, -0.25) is 4.79 Å². The van der Waals surface area contributed by atoms with Crippen LogP contribution in [0.5, 0.6) is 0 Å². The topological polar surface area (TPSA) is 87.1 Å². The maximum Gasteiger partial charge on any atom is 0.225 e. The molecule has 1 aliphatic heterocycles. The first-order chi connectivity index (χ1) is 13.7. The second-order valence-electron chi connectivity index (χ2n) is 6.48. The van der Waals surface area contributed by atoms with Crippen LogP contribution in [-0.2, 0) is 4.79 Å². The predicted octanol–water partition coefficient (Wildman–Crippen LogP) is 2.22. The van der Waals surface area contributed by atoms with E-state index >= 15 is 0 Å². The lowest BCUT2D eigenvalue weighted by Gasteiger charge is -2.34. The molecule has 1 amide bonds. The van der Waals surface area contributed by atoms with Crippen molar-refractivity contribution in [2.24, 2.45) is 0 Å². The zero-order chi connectivity index (χ0) is 19.3. The number of aromatic nitrogens is 4. The molecule has 2 aromatic heterocycles. The average Bonchev–Trinajstić information content (AvgIpc) is 2.74. The molecular weight excluding hydrogens is 378 g/mol. The summed E-state index contributed by atoms with van der Waals surface area (Å²) in [7, 11) is 0. The number of anilines is 2. The fourth-order valence-corrected chi connectivity index (χ4v) is 3.39. The molecule has 0 radical (unpaired) electrons. The molecule has 1 saturated heterocycles. The normalized spacial score (nSPS) is 14.3. The summed E-state index contributed by atoms with van der Waals surface area (Å²) in [6.45, 7) is 3.33. The molecule has 1 fully saturated rings. The van der Waals surface area contributed by atoms with Crippen molar-refractivity contribution in [2.75, 3.05) is 42.9 Å². The van der Waals surface area contributed by atoms with Crippen LogP contribution in [0.3, 0.4) is 0 Å². The van der Waals surface area contributed by atoms with Crippen LogP contribution in [0, 0.1) is 0 Å². The summed E-state index contributed by atoms with van der Waals surface area (Å²) in [4.78, 5) is 33.5. The molecule has 0 unspecified atom stereocenters. The second-order valence-corrected chi connectivity index (χ2v) is 6.91. The monoisotopic (exact) mass is 397 g/mol. The van der Waals surface area contributed by atoms with Crippen molar-refractivity contribution in [3.8, 4) is 0 Å². The average molecular weight is 398 g/mol. The van der Waals surface area contributed by atoms with Gasteiger partial charge in [0.1, 0.15) is 12.1 Å². The molecule has 0 spiro atoms. The third-order valence-electron chi connectivity index (χ3n) is 4.70. The first-order valence-electron chi connectivity index (χ1n) is 9.14. The van der Waals surface area contributed by atoms with Gasteiger partial charge in [0, 0.05) is 61.9 Å². The first kappa shape index (κ1) is 18.4. The number of rotatable bonds is 5. The maximum atomic E-state index is 12.5. The minimum atomic E-state index is 0.127. The van der Waals surface area contributed by atoms with E-state index in [0.717, 1.165) is 24.0 Å². The van der Waals surface area contributed by atoms with Gasteiger partial charge in [-0.05, 0) is 24.3 Å². The van der Waals surface area contributed by atoms with Crippen molar-refractivity contribution in [3.63, 3.8) is 0 Å². The molecule has 4 rings (SSSR count). The van der Waals surface area contributed by atoms with Crippen LogP contribution in [0.15, 0.2) is 43.0 Å². The minimum Gasteiger partial charge on any atom is -0.369 e. The van der Waals surface area contributed by atoms with E-state index in [-0.39, 0.29) is 5.91 Å². The van der Waals surface area contributed by atoms with Gasteiger partial charge in [-0.25, -0.2) is 19.9 Å². The van der Waals surface area contributed by atoms with Crippen LogP contribution in [0.25, 0.3) is 10.9 Å². The predicted molar refractivity (Wildman–Crippen MR) is 108 cm³/mol. The summed E-state index contributed by atoms with van der Waals surface area (Å²) in [5.74, 6) is 1.55. The molecule has 1 aliphatic rings. The molecule has 8 nitrogen and oxygen atoms in total. The van der Waals surface area contributed by atoms with E-state index in [1.54, 1.807) is 30.6 Å². The molecule has 1 aromatic carbocycles. The number of amides is 1. The Bertz CT molecular complexity index is 961.